The van der Waals surface area contributed by atoms with Crippen LogP contribution in [0.2, 0.25) is 0 Å². The van der Waals surface area contributed by atoms with E-state index < -0.39 is 16.1 Å². The topological polar surface area (TPSA) is 98.8 Å². The Kier molecular flexibility index (Phi) is 5.85. The Morgan fingerprint density at radius 2 is 2.00 bits per heavy atom. The fourth-order valence-electron chi connectivity index (χ4n) is 3.33. The first-order valence-electron chi connectivity index (χ1n) is 8.77. The van der Waals surface area contributed by atoms with Crippen LogP contribution in [0.1, 0.15) is 5.56 Å². The van der Waals surface area contributed by atoms with Gasteiger partial charge in [-0.3, -0.25) is 10.00 Å². The summed E-state index contributed by atoms with van der Waals surface area (Å²) in [7, 11) is 1.32. The van der Waals surface area contributed by atoms with Crippen LogP contribution in [-0.2, 0) is 16.6 Å². The molecule has 0 bridgehead atoms. The van der Waals surface area contributed by atoms with Crippen LogP contribution >= 0.6 is 0 Å². The summed E-state index contributed by atoms with van der Waals surface area (Å²) in [5.74, 6) is 0.440. The number of nitrogens with zero attached hydrogens (tertiary/aromatic N) is 3. The number of aromatic nitrogens is 2. The second-order valence-corrected chi connectivity index (χ2v) is 9.31. The molecule has 1 fully saturated rings. The molecule has 1 saturated heterocycles. The number of hydrogen-bond acceptors (Lipinski definition) is 6. The van der Waals surface area contributed by atoms with Gasteiger partial charge >= 0.3 is 0 Å². The molecule has 2 heterocycles. The van der Waals surface area contributed by atoms with Crippen LogP contribution in [0.4, 0.5) is 0 Å². The molecule has 0 unspecified atom stereocenters. The highest BCUT2D eigenvalue weighted by atomic mass is 32.2. The zero-order chi connectivity index (χ0) is 19.6. The molecule has 0 amide bonds. The lowest BCUT2D eigenvalue weighted by Gasteiger charge is -2.18. The molecule has 2 atom stereocenters. The van der Waals surface area contributed by atoms with Crippen molar-refractivity contribution in [2.24, 2.45) is 5.92 Å². The number of methoxy groups -OCH3 is 1. The molecule has 0 spiro atoms. The molecule has 8 nitrogen and oxygen atoms in total. The number of rotatable bonds is 7. The first kappa shape index (κ1) is 19.8. The molecule has 148 valence electrons. The predicted octanol–water partition coefficient (Wildman–Crippen LogP) is 0.769. The Labute approximate surface area is 159 Å². The van der Waals surface area contributed by atoms with Crippen LogP contribution in [0.15, 0.2) is 30.5 Å². The van der Waals surface area contributed by atoms with Crippen molar-refractivity contribution in [3.8, 4) is 17.0 Å². The fraction of sp³-hybridized carbons (Fsp3) is 0.500. The SMILES string of the molecule is COc1ccc(-c2[nH]ncc2CN2C[C@@H](CS(=O)(=O)N(C)C)[C@@H](O)C2)cc1. The molecular formula is C18H26N4O4S. The van der Waals surface area contributed by atoms with Crippen molar-refractivity contribution in [2.45, 2.75) is 12.6 Å². The van der Waals surface area contributed by atoms with Crippen LogP contribution in [0.5, 0.6) is 5.75 Å². The number of hydrogen-bond donors (Lipinski definition) is 2. The molecule has 27 heavy (non-hydrogen) atoms. The number of likely N-dealkylation sites (tertiary alicyclic amines) is 1. The van der Waals surface area contributed by atoms with E-state index in [4.69, 9.17) is 4.74 Å². The normalized spacial score (nSPS) is 21.1. The first-order valence-corrected chi connectivity index (χ1v) is 10.4. The summed E-state index contributed by atoms with van der Waals surface area (Å²) in [5.41, 5.74) is 2.91. The highest BCUT2D eigenvalue weighted by Crippen LogP contribution is 2.27. The molecule has 2 N–H and O–H groups in total. The minimum absolute atomic E-state index is 0.0472. The number of nitrogens with one attached hydrogen (secondary N) is 1. The van der Waals surface area contributed by atoms with Crippen molar-refractivity contribution in [2.75, 3.05) is 40.0 Å². The lowest BCUT2D eigenvalue weighted by atomic mass is 10.1. The third-order valence-electron chi connectivity index (χ3n) is 4.95. The molecule has 1 aliphatic rings. The van der Waals surface area contributed by atoms with Gasteiger partial charge in [-0.2, -0.15) is 5.10 Å². The van der Waals surface area contributed by atoms with Crippen LogP contribution in [0.25, 0.3) is 11.3 Å². The Hall–Kier alpha value is -1.94. The van der Waals surface area contributed by atoms with Crippen LogP contribution in [0, 0.1) is 5.92 Å². The molecular weight excluding hydrogens is 368 g/mol. The van der Waals surface area contributed by atoms with E-state index in [-0.39, 0.29) is 11.7 Å². The maximum absolute atomic E-state index is 12.1. The van der Waals surface area contributed by atoms with Gasteiger partial charge < -0.3 is 9.84 Å². The molecule has 0 radical (unpaired) electrons. The Bertz CT molecular complexity index is 864. The number of β-amino-alcohol motifs (C(OH)–C–C–N with tert-alkyl or cyclic N) is 1. The average molecular weight is 394 g/mol. The van der Waals surface area contributed by atoms with E-state index in [2.05, 4.69) is 15.1 Å². The molecule has 1 aromatic carbocycles. The van der Waals surface area contributed by atoms with E-state index in [1.54, 1.807) is 13.3 Å². The van der Waals surface area contributed by atoms with E-state index in [1.165, 1.54) is 18.4 Å². The van der Waals surface area contributed by atoms with Gasteiger partial charge in [0.2, 0.25) is 10.0 Å². The van der Waals surface area contributed by atoms with Crippen molar-refractivity contribution in [3.05, 3.63) is 36.0 Å². The molecule has 3 rings (SSSR count). The second-order valence-electron chi connectivity index (χ2n) is 7.08. The standard InChI is InChI=1S/C18H26N4O4S/c1-21(2)27(24,25)12-15-10-22(11-17(15)23)9-14-8-19-20-18(14)13-4-6-16(26-3)7-5-13/h4-8,15,17,23H,9-12H2,1-3H3,(H,19,20)/t15-,17-/m0/s1. The lowest BCUT2D eigenvalue weighted by molar-refractivity contribution is 0.148. The van der Waals surface area contributed by atoms with Gasteiger partial charge in [0.25, 0.3) is 0 Å². The number of aromatic amines is 1. The number of aliphatic hydroxyl groups excluding tert-OH is 1. The highest BCUT2D eigenvalue weighted by molar-refractivity contribution is 7.89. The summed E-state index contributed by atoms with van der Waals surface area (Å²) in [6, 6.07) is 7.70. The van der Waals surface area contributed by atoms with Gasteiger partial charge in [-0.1, -0.05) is 0 Å². The maximum Gasteiger partial charge on any atom is 0.214 e. The molecule has 9 heteroatoms. The summed E-state index contributed by atoms with van der Waals surface area (Å²) in [6.07, 6.45) is 1.12. The van der Waals surface area contributed by atoms with Crippen molar-refractivity contribution in [1.29, 1.82) is 0 Å². The Morgan fingerprint density at radius 1 is 1.30 bits per heavy atom. The predicted molar refractivity (Wildman–Crippen MR) is 103 cm³/mol. The highest BCUT2D eigenvalue weighted by Gasteiger charge is 2.35. The van der Waals surface area contributed by atoms with Gasteiger partial charge in [-0.15, -0.1) is 0 Å². The second kappa shape index (κ2) is 7.97. The van der Waals surface area contributed by atoms with Gasteiger partial charge in [-0.25, -0.2) is 12.7 Å². The average Bonchev–Trinajstić information content (AvgIpc) is 3.21. The van der Waals surface area contributed by atoms with Crippen molar-refractivity contribution < 1.29 is 18.3 Å². The zero-order valence-electron chi connectivity index (χ0n) is 15.8. The van der Waals surface area contributed by atoms with Crippen molar-refractivity contribution >= 4 is 10.0 Å². The van der Waals surface area contributed by atoms with E-state index in [0.29, 0.717) is 19.6 Å². The number of H-pyrrole nitrogens is 1. The smallest absolute Gasteiger partial charge is 0.214 e. The quantitative estimate of drug-likeness (QED) is 0.720. The maximum atomic E-state index is 12.1. The van der Waals surface area contributed by atoms with E-state index in [1.807, 2.05) is 24.3 Å². The summed E-state index contributed by atoms with van der Waals surface area (Å²) < 4.78 is 30.6. The molecule has 1 aliphatic heterocycles. The molecule has 2 aromatic rings. The van der Waals surface area contributed by atoms with Gasteiger partial charge in [0, 0.05) is 50.8 Å². The Morgan fingerprint density at radius 3 is 2.63 bits per heavy atom. The van der Waals surface area contributed by atoms with Crippen molar-refractivity contribution in [3.63, 3.8) is 0 Å². The lowest BCUT2D eigenvalue weighted by Crippen LogP contribution is -2.33. The largest absolute Gasteiger partial charge is 0.497 e. The monoisotopic (exact) mass is 394 g/mol. The van der Waals surface area contributed by atoms with E-state index in [0.717, 1.165) is 22.6 Å². The van der Waals surface area contributed by atoms with Crippen LogP contribution in [0.3, 0.4) is 0 Å². The summed E-state index contributed by atoms with van der Waals surface area (Å²) in [4.78, 5) is 2.07. The number of ether oxygens (including phenoxy) is 1. The molecule has 0 saturated carbocycles. The number of benzene rings is 1. The van der Waals surface area contributed by atoms with Crippen molar-refractivity contribution in [1.82, 2.24) is 19.4 Å². The third-order valence-corrected chi connectivity index (χ3v) is 6.92. The van der Waals surface area contributed by atoms with E-state index >= 15 is 0 Å². The molecule has 0 aliphatic carbocycles. The van der Waals surface area contributed by atoms with E-state index in [9.17, 15) is 13.5 Å². The van der Waals surface area contributed by atoms with Gasteiger partial charge in [0.15, 0.2) is 0 Å². The number of sulfonamides is 1. The minimum Gasteiger partial charge on any atom is -0.497 e. The fourth-order valence-corrected chi connectivity index (χ4v) is 4.50. The minimum atomic E-state index is -3.34. The molecule has 1 aromatic heterocycles. The first-order chi connectivity index (χ1) is 12.8. The third kappa shape index (κ3) is 4.49. The van der Waals surface area contributed by atoms with Crippen LogP contribution in [-0.4, -0.2) is 79.1 Å². The van der Waals surface area contributed by atoms with Gasteiger partial charge in [0.05, 0.1) is 30.9 Å². The van der Waals surface area contributed by atoms with Gasteiger partial charge in [0.1, 0.15) is 5.75 Å². The summed E-state index contributed by atoms with van der Waals surface area (Å²) >= 11 is 0. The van der Waals surface area contributed by atoms with Gasteiger partial charge in [-0.05, 0) is 24.3 Å². The summed E-state index contributed by atoms with van der Waals surface area (Å²) in [5, 5.41) is 17.5. The number of aliphatic hydroxyl groups is 1. The Balaban J connectivity index is 1.69. The zero-order valence-corrected chi connectivity index (χ0v) is 16.6. The summed E-state index contributed by atoms with van der Waals surface area (Å²) in [6.45, 7) is 1.57. The van der Waals surface area contributed by atoms with Crippen LogP contribution < -0.4 is 4.74 Å².